The highest BCUT2D eigenvalue weighted by Gasteiger charge is 2.30. The van der Waals surface area contributed by atoms with E-state index >= 15 is 17.6 Å². The monoisotopic (exact) mass is 748 g/mol. The van der Waals surface area contributed by atoms with Gasteiger partial charge in [0.2, 0.25) is 0 Å². The van der Waals surface area contributed by atoms with Crippen LogP contribution in [0.5, 0.6) is 11.5 Å². The van der Waals surface area contributed by atoms with Crippen LogP contribution in [-0.4, -0.2) is 47.3 Å². The topological polar surface area (TPSA) is 90.4 Å². The second kappa shape index (κ2) is 15.0. The van der Waals surface area contributed by atoms with Crippen molar-refractivity contribution in [1.29, 1.82) is 0 Å². The summed E-state index contributed by atoms with van der Waals surface area (Å²) in [6.07, 6.45) is 2.09. The van der Waals surface area contributed by atoms with Gasteiger partial charge in [-0.2, -0.15) is 0 Å². The lowest BCUT2D eigenvalue weighted by Gasteiger charge is -2.24. The summed E-state index contributed by atoms with van der Waals surface area (Å²) in [5.41, 5.74) is 1.42. The molecular weight excluding hydrogens is 705 g/mol. The lowest BCUT2D eigenvalue weighted by Crippen LogP contribution is -2.31. The molecule has 6 rings (SSSR count). The maximum absolute atomic E-state index is 16.0. The van der Waals surface area contributed by atoms with Gasteiger partial charge in [0.25, 0.3) is 0 Å². The maximum Gasteiger partial charge on any atom is 0.334 e. The normalized spacial score (nSPS) is 14.7. The molecule has 1 atom stereocenters. The average Bonchev–Trinajstić information content (AvgIpc) is 3.70. The van der Waals surface area contributed by atoms with Gasteiger partial charge in [-0.3, -0.25) is 0 Å². The Balaban J connectivity index is 1.23. The summed E-state index contributed by atoms with van der Waals surface area (Å²) in [6, 6.07) is 11.6. The van der Waals surface area contributed by atoms with Gasteiger partial charge < -0.3 is 29.1 Å². The smallest absolute Gasteiger partial charge is 0.334 e. The van der Waals surface area contributed by atoms with Crippen LogP contribution in [0.2, 0.25) is 25.7 Å². The minimum absolute atomic E-state index is 0.00190. The van der Waals surface area contributed by atoms with Crippen molar-refractivity contribution in [2.45, 2.75) is 77.7 Å². The molecule has 3 heterocycles. The van der Waals surface area contributed by atoms with Crippen LogP contribution in [0, 0.1) is 23.3 Å². The molecule has 0 saturated carbocycles. The molecule has 280 valence electrons. The van der Waals surface area contributed by atoms with E-state index in [1.54, 1.807) is 49.7 Å². The van der Waals surface area contributed by atoms with Crippen molar-refractivity contribution in [1.82, 2.24) is 19.9 Å². The quantitative estimate of drug-likeness (QED) is 0.0435. The molecule has 1 aliphatic rings. The number of H-pyrrole nitrogens is 1. The van der Waals surface area contributed by atoms with Gasteiger partial charge >= 0.3 is 5.97 Å². The number of fused-ring (bicyclic) bond motifs is 2. The SMILES string of the molecule is C=C(Cc1cccc(C2NCCc3[nH]c(-c4cc(Oc5c(F)cc6c(ccn6COCC[Si](C)(C)C)c5F)ccc4F)nc32)c1F)C(=O)OC(C)(C)C. The first-order chi connectivity index (χ1) is 25.0. The van der Waals surface area contributed by atoms with E-state index in [2.05, 4.69) is 41.5 Å². The summed E-state index contributed by atoms with van der Waals surface area (Å²) >= 11 is 0. The fraction of sp³-hybridized carbons (Fsp3) is 0.350. The Hall–Kier alpha value is -4.72. The molecule has 2 N–H and O–H groups in total. The molecule has 0 spiro atoms. The van der Waals surface area contributed by atoms with E-state index in [1.165, 1.54) is 24.3 Å². The number of hydrogen-bond donors (Lipinski definition) is 2. The van der Waals surface area contributed by atoms with Crippen LogP contribution in [0.15, 0.2) is 66.9 Å². The van der Waals surface area contributed by atoms with Gasteiger partial charge in [0.05, 0.1) is 22.8 Å². The van der Waals surface area contributed by atoms with E-state index in [9.17, 15) is 4.79 Å². The predicted molar refractivity (Wildman–Crippen MR) is 199 cm³/mol. The highest BCUT2D eigenvalue weighted by atomic mass is 28.3. The zero-order valence-corrected chi connectivity index (χ0v) is 31.8. The highest BCUT2D eigenvalue weighted by molar-refractivity contribution is 6.76. The van der Waals surface area contributed by atoms with Crippen molar-refractivity contribution < 1.29 is 36.6 Å². The highest BCUT2D eigenvalue weighted by Crippen LogP contribution is 2.37. The van der Waals surface area contributed by atoms with E-state index in [0.29, 0.717) is 42.0 Å². The molecule has 0 saturated heterocycles. The molecule has 0 bridgehead atoms. The Morgan fingerprint density at radius 3 is 2.55 bits per heavy atom. The Labute approximate surface area is 307 Å². The summed E-state index contributed by atoms with van der Waals surface area (Å²) in [5.74, 6) is -4.10. The molecule has 0 amide bonds. The largest absolute Gasteiger partial charge is 0.457 e. The summed E-state index contributed by atoms with van der Waals surface area (Å²) in [4.78, 5) is 20.4. The van der Waals surface area contributed by atoms with Crippen LogP contribution in [0.1, 0.15) is 49.3 Å². The number of halogens is 4. The number of rotatable bonds is 12. The molecule has 3 aromatic carbocycles. The number of aromatic amines is 1. The van der Waals surface area contributed by atoms with Crippen molar-refractivity contribution in [3.8, 4) is 22.9 Å². The van der Waals surface area contributed by atoms with E-state index in [0.717, 1.165) is 12.1 Å². The Morgan fingerprint density at radius 2 is 1.81 bits per heavy atom. The number of carbonyl (C=O) groups is 1. The number of nitrogens with zero attached hydrogens (tertiary/aromatic N) is 2. The number of nitrogens with one attached hydrogen (secondary N) is 2. The molecule has 1 aliphatic heterocycles. The standard InChI is InChI=1S/C40H44F4N4O4Si/c1-23(39(49)52-40(2,3)4)19-24-9-8-10-27(33(24)43)35-36-31(13-15-45-35)46-38(47-36)28-20-25(11-12-29(28)41)51-37-30(42)21-32-26(34(37)44)14-16-48(32)22-50-17-18-53(5,6)7/h8-12,14,16,20-21,35,45H,1,13,15,17-19,22H2,2-7H3,(H,46,47). The molecule has 0 fully saturated rings. The van der Waals surface area contributed by atoms with Crippen molar-refractivity contribution in [2.24, 2.45) is 0 Å². The number of esters is 1. The van der Waals surface area contributed by atoms with Gasteiger partial charge in [0.15, 0.2) is 17.4 Å². The lowest BCUT2D eigenvalue weighted by atomic mass is 9.94. The zero-order valence-electron chi connectivity index (χ0n) is 30.8. The van der Waals surface area contributed by atoms with Crippen LogP contribution in [0.3, 0.4) is 0 Å². The van der Waals surface area contributed by atoms with E-state index in [4.69, 9.17) is 14.2 Å². The van der Waals surface area contributed by atoms with Crippen LogP contribution < -0.4 is 10.1 Å². The first-order valence-electron chi connectivity index (χ1n) is 17.5. The predicted octanol–water partition coefficient (Wildman–Crippen LogP) is 9.37. The van der Waals surface area contributed by atoms with Gasteiger partial charge in [-0.15, -0.1) is 0 Å². The van der Waals surface area contributed by atoms with Crippen molar-refractivity contribution in [3.63, 3.8) is 0 Å². The van der Waals surface area contributed by atoms with Crippen LogP contribution in [0.4, 0.5) is 17.6 Å². The van der Waals surface area contributed by atoms with Gasteiger partial charge in [-0.05, 0) is 56.6 Å². The Bertz CT molecular complexity index is 2180. The van der Waals surface area contributed by atoms with Crippen LogP contribution in [0.25, 0.3) is 22.3 Å². The number of hydrogen-bond acceptors (Lipinski definition) is 6. The van der Waals surface area contributed by atoms with Crippen LogP contribution >= 0.6 is 0 Å². The Morgan fingerprint density at radius 1 is 1.04 bits per heavy atom. The zero-order chi connectivity index (χ0) is 38.2. The molecule has 2 aromatic heterocycles. The summed E-state index contributed by atoms with van der Waals surface area (Å²) in [7, 11) is -1.29. The molecular formula is C40H44F4N4O4Si. The average molecular weight is 749 g/mol. The third-order valence-corrected chi connectivity index (χ3v) is 10.6. The van der Waals surface area contributed by atoms with Crippen molar-refractivity contribution >= 4 is 24.9 Å². The summed E-state index contributed by atoms with van der Waals surface area (Å²) in [6.45, 7) is 17.0. The fourth-order valence-electron chi connectivity index (χ4n) is 6.15. The fourth-order valence-corrected chi connectivity index (χ4v) is 6.90. The lowest BCUT2D eigenvalue weighted by molar-refractivity contribution is -0.149. The molecule has 13 heteroatoms. The number of aromatic nitrogens is 3. The van der Waals surface area contributed by atoms with Gasteiger partial charge in [-0.1, -0.05) is 44.4 Å². The van der Waals surface area contributed by atoms with E-state index < -0.39 is 54.7 Å². The number of imidazole rings is 1. The molecule has 0 radical (unpaired) electrons. The van der Waals surface area contributed by atoms with Gasteiger partial charge in [0.1, 0.15) is 35.5 Å². The second-order valence-corrected chi connectivity index (χ2v) is 21.1. The first kappa shape index (κ1) is 38.0. The molecule has 1 unspecified atom stereocenters. The van der Waals surface area contributed by atoms with E-state index in [1.807, 2.05) is 0 Å². The maximum atomic E-state index is 16.0. The minimum atomic E-state index is -1.29. The number of ether oxygens (including phenoxy) is 3. The second-order valence-electron chi connectivity index (χ2n) is 15.5. The van der Waals surface area contributed by atoms with Crippen molar-refractivity contribution in [3.05, 3.63) is 113 Å². The van der Waals surface area contributed by atoms with E-state index in [-0.39, 0.29) is 46.8 Å². The number of benzene rings is 3. The summed E-state index contributed by atoms with van der Waals surface area (Å²) < 4.78 is 81.0. The minimum Gasteiger partial charge on any atom is -0.457 e. The third-order valence-electron chi connectivity index (χ3n) is 8.88. The van der Waals surface area contributed by atoms with Gasteiger partial charge in [0, 0.05) is 68.5 Å². The Kier molecular flexibility index (Phi) is 10.7. The summed E-state index contributed by atoms with van der Waals surface area (Å²) in [5, 5.41) is 3.45. The van der Waals surface area contributed by atoms with Crippen molar-refractivity contribution in [2.75, 3.05) is 13.2 Å². The molecule has 5 aromatic rings. The molecule has 53 heavy (non-hydrogen) atoms. The third kappa shape index (κ3) is 8.58. The first-order valence-corrected chi connectivity index (χ1v) is 21.2. The molecule has 8 nitrogen and oxygen atoms in total. The number of carbonyl (C=O) groups excluding carboxylic acids is 1. The van der Waals surface area contributed by atoms with Gasteiger partial charge in [-0.25, -0.2) is 27.3 Å². The van der Waals surface area contributed by atoms with Crippen LogP contribution in [-0.2, 0) is 33.8 Å². The molecule has 0 aliphatic carbocycles.